The molecule has 10 heavy (non-hydrogen) atoms. The smallest absolute Gasteiger partial charge is 0.306 e. The van der Waals surface area contributed by atoms with Crippen molar-refractivity contribution in [2.75, 3.05) is 6.54 Å². The number of carboxylic acid groups (broad SMARTS) is 1. The molecule has 0 amide bonds. The monoisotopic (exact) mass is 145 g/mol. The molecule has 0 rings (SSSR count). The van der Waals surface area contributed by atoms with E-state index in [-0.39, 0.29) is 5.92 Å². The van der Waals surface area contributed by atoms with Gasteiger partial charge in [0.25, 0.3) is 0 Å². The van der Waals surface area contributed by atoms with Gasteiger partial charge in [-0.15, -0.1) is 0 Å². The van der Waals surface area contributed by atoms with Crippen LogP contribution >= 0.6 is 0 Å². The Morgan fingerprint density at radius 2 is 2.10 bits per heavy atom. The summed E-state index contributed by atoms with van der Waals surface area (Å²) in [6.45, 7) is 4.23. The first-order valence-corrected chi connectivity index (χ1v) is 3.50. The van der Waals surface area contributed by atoms with Crippen LogP contribution in [0, 0.1) is 11.8 Å². The molecule has 0 radical (unpaired) electrons. The molecule has 0 aliphatic heterocycles. The number of carboxylic acids is 1. The van der Waals surface area contributed by atoms with E-state index in [0.717, 1.165) is 0 Å². The van der Waals surface area contributed by atoms with Crippen molar-refractivity contribution in [2.45, 2.75) is 20.3 Å². The number of aliphatic carboxylic acids is 1. The average molecular weight is 145 g/mol. The standard InChI is InChI=1S/C7H15NO2/c1-5(4-8)3-6(2)7(9)10/h5-6H,3-4,8H2,1-2H3,(H,9,10). The molecule has 3 N–H and O–H groups in total. The van der Waals surface area contributed by atoms with Crippen molar-refractivity contribution >= 4 is 5.97 Å². The maximum Gasteiger partial charge on any atom is 0.306 e. The number of carbonyl (C=O) groups is 1. The topological polar surface area (TPSA) is 63.3 Å². The molecule has 0 fully saturated rings. The molecule has 2 atom stereocenters. The van der Waals surface area contributed by atoms with E-state index in [4.69, 9.17) is 10.8 Å². The molecule has 0 aromatic rings. The van der Waals surface area contributed by atoms with Gasteiger partial charge in [-0.3, -0.25) is 4.79 Å². The molecule has 0 saturated heterocycles. The van der Waals surface area contributed by atoms with E-state index in [9.17, 15) is 4.79 Å². The van der Waals surface area contributed by atoms with E-state index < -0.39 is 5.97 Å². The van der Waals surface area contributed by atoms with Crippen LogP contribution in [0.15, 0.2) is 0 Å². The summed E-state index contributed by atoms with van der Waals surface area (Å²) in [5.41, 5.74) is 5.33. The van der Waals surface area contributed by atoms with Gasteiger partial charge in [-0.2, -0.15) is 0 Å². The van der Waals surface area contributed by atoms with E-state index in [1.807, 2.05) is 6.92 Å². The van der Waals surface area contributed by atoms with Gasteiger partial charge in [0.1, 0.15) is 0 Å². The lowest BCUT2D eigenvalue weighted by Crippen LogP contribution is -2.18. The highest BCUT2D eigenvalue weighted by Gasteiger charge is 2.13. The molecule has 0 spiro atoms. The number of rotatable bonds is 4. The summed E-state index contributed by atoms with van der Waals surface area (Å²) >= 11 is 0. The first kappa shape index (κ1) is 9.43. The normalized spacial score (nSPS) is 16.3. The Hall–Kier alpha value is -0.570. The molecule has 0 bridgehead atoms. The van der Waals surface area contributed by atoms with Gasteiger partial charge in [0.05, 0.1) is 5.92 Å². The van der Waals surface area contributed by atoms with E-state index in [0.29, 0.717) is 18.9 Å². The Balaban J connectivity index is 3.56. The molecule has 0 aliphatic rings. The lowest BCUT2D eigenvalue weighted by atomic mass is 9.98. The second-order valence-electron chi connectivity index (χ2n) is 2.82. The minimum Gasteiger partial charge on any atom is -0.481 e. The summed E-state index contributed by atoms with van der Waals surface area (Å²) in [6.07, 6.45) is 0.672. The fraction of sp³-hybridized carbons (Fsp3) is 0.857. The van der Waals surface area contributed by atoms with Crippen LogP contribution in [0.3, 0.4) is 0 Å². The minimum absolute atomic E-state index is 0.265. The molecule has 0 aliphatic carbocycles. The predicted octanol–water partition coefficient (Wildman–Crippen LogP) is 0.692. The van der Waals surface area contributed by atoms with Crippen molar-refractivity contribution in [1.29, 1.82) is 0 Å². The van der Waals surface area contributed by atoms with Gasteiger partial charge in [-0.25, -0.2) is 0 Å². The third-order valence-corrected chi connectivity index (χ3v) is 1.58. The van der Waals surface area contributed by atoms with E-state index in [2.05, 4.69) is 0 Å². The van der Waals surface area contributed by atoms with Crippen LogP contribution < -0.4 is 5.73 Å². The molecule has 0 saturated carbocycles. The third-order valence-electron chi connectivity index (χ3n) is 1.58. The van der Waals surface area contributed by atoms with Gasteiger partial charge in [0.2, 0.25) is 0 Å². The van der Waals surface area contributed by atoms with Gasteiger partial charge in [0, 0.05) is 0 Å². The van der Waals surface area contributed by atoms with Crippen molar-refractivity contribution in [3.05, 3.63) is 0 Å². The zero-order valence-corrected chi connectivity index (χ0v) is 6.50. The second-order valence-corrected chi connectivity index (χ2v) is 2.82. The highest BCUT2D eigenvalue weighted by Crippen LogP contribution is 2.09. The summed E-state index contributed by atoms with van der Waals surface area (Å²) in [6, 6.07) is 0. The van der Waals surface area contributed by atoms with Gasteiger partial charge in [-0.05, 0) is 18.9 Å². The molecular formula is C7H15NO2. The average Bonchev–Trinajstić information content (AvgIpc) is 1.87. The lowest BCUT2D eigenvalue weighted by molar-refractivity contribution is -0.141. The van der Waals surface area contributed by atoms with Crippen LogP contribution in [-0.4, -0.2) is 17.6 Å². The molecule has 2 unspecified atom stereocenters. The quantitative estimate of drug-likeness (QED) is 0.611. The van der Waals surface area contributed by atoms with Crippen LogP contribution in [0.4, 0.5) is 0 Å². The third kappa shape index (κ3) is 3.45. The van der Waals surface area contributed by atoms with Crippen molar-refractivity contribution in [2.24, 2.45) is 17.6 Å². The van der Waals surface area contributed by atoms with Crippen LogP contribution in [-0.2, 0) is 4.79 Å². The predicted molar refractivity (Wildman–Crippen MR) is 39.6 cm³/mol. The number of hydrogen-bond donors (Lipinski definition) is 2. The maximum atomic E-state index is 10.3. The van der Waals surface area contributed by atoms with Crippen LogP contribution in [0.5, 0.6) is 0 Å². The summed E-state index contributed by atoms with van der Waals surface area (Å²) in [4.78, 5) is 10.3. The molecule has 0 heterocycles. The zero-order chi connectivity index (χ0) is 8.15. The molecular weight excluding hydrogens is 130 g/mol. The lowest BCUT2D eigenvalue weighted by Gasteiger charge is -2.10. The minimum atomic E-state index is -0.736. The Morgan fingerprint density at radius 3 is 2.40 bits per heavy atom. The Morgan fingerprint density at radius 1 is 1.60 bits per heavy atom. The summed E-state index contributed by atoms with van der Waals surface area (Å²) in [7, 11) is 0. The molecule has 60 valence electrons. The summed E-state index contributed by atoms with van der Waals surface area (Å²) < 4.78 is 0. The Bertz CT molecular complexity index is 114. The summed E-state index contributed by atoms with van der Waals surface area (Å²) in [5.74, 6) is -0.690. The first-order valence-electron chi connectivity index (χ1n) is 3.50. The van der Waals surface area contributed by atoms with Crippen LogP contribution in [0.25, 0.3) is 0 Å². The van der Waals surface area contributed by atoms with E-state index >= 15 is 0 Å². The number of nitrogens with two attached hydrogens (primary N) is 1. The van der Waals surface area contributed by atoms with Gasteiger partial charge in [-0.1, -0.05) is 13.8 Å². The second kappa shape index (κ2) is 4.28. The van der Waals surface area contributed by atoms with Gasteiger partial charge in [0.15, 0.2) is 0 Å². The van der Waals surface area contributed by atoms with Crippen molar-refractivity contribution in [3.8, 4) is 0 Å². The fourth-order valence-corrected chi connectivity index (χ4v) is 0.801. The molecule has 0 aromatic heterocycles. The highest BCUT2D eigenvalue weighted by atomic mass is 16.4. The highest BCUT2D eigenvalue weighted by molar-refractivity contribution is 5.69. The Kier molecular flexibility index (Phi) is 4.03. The van der Waals surface area contributed by atoms with Crippen molar-refractivity contribution in [3.63, 3.8) is 0 Å². The van der Waals surface area contributed by atoms with E-state index in [1.54, 1.807) is 6.92 Å². The SMILES string of the molecule is CC(CN)CC(C)C(=O)O. The van der Waals surface area contributed by atoms with Crippen LogP contribution in [0.2, 0.25) is 0 Å². The Labute approximate surface area is 61.2 Å². The summed E-state index contributed by atoms with van der Waals surface area (Å²) in [5, 5.41) is 8.49. The molecule has 0 aromatic carbocycles. The maximum absolute atomic E-state index is 10.3. The number of hydrogen-bond acceptors (Lipinski definition) is 2. The fourth-order valence-electron chi connectivity index (χ4n) is 0.801. The van der Waals surface area contributed by atoms with Crippen molar-refractivity contribution < 1.29 is 9.90 Å². The first-order chi connectivity index (χ1) is 4.57. The van der Waals surface area contributed by atoms with Crippen LogP contribution in [0.1, 0.15) is 20.3 Å². The van der Waals surface area contributed by atoms with E-state index in [1.165, 1.54) is 0 Å². The van der Waals surface area contributed by atoms with Gasteiger partial charge >= 0.3 is 5.97 Å². The zero-order valence-electron chi connectivity index (χ0n) is 6.50. The van der Waals surface area contributed by atoms with Gasteiger partial charge < -0.3 is 10.8 Å². The molecule has 3 nitrogen and oxygen atoms in total. The molecule has 3 heteroatoms. The van der Waals surface area contributed by atoms with Crippen molar-refractivity contribution in [1.82, 2.24) is 0 Å². The largest absolute Gasteiger partial charge is 0.481 e.